The molecule has 1 unspecified atom stereocenters. The maximum absolute atomic E-state index is 11.8. The smallest absolute Gasteiger partial charge is 0.308 e. The van der Waals surface area contributed by atoms with Gasteiger partial charge in [-0.2, -0.15) is 4.98 Å². The number of fused-ring (bicyclic) bond motifs is 1. The summed E-state index contributed by atoms with van der Waals surface area (Å²) in [5, 5.41) is 9.66. The molecule has 0 saturated heterocycles. The first kappa shape index (κ1) is 19.6. The normalized spacial score (nSPS) is 20.2. The lowest BCUT2D eigenvalue weighted by molar-refractivity contribution is -0.149. The highest BCUT2D eigenvalue weighted by atomic mass is 16.5. The molecule has 0 spiro atoms. The molecule has 1 atom stereocenters. The molecule has 4 N–H and O–H groups in total. The van der Waals surface area contributed by atoms with Crippen molar-refractivity contribution < 1.29 is 16.1 Å². The van der Waals surface area contributed by atoms with Crippen LogP contribution in [0.5, 0.6) is 0 Å². The van der Waals surface area contributed by atoms with Gasteiger partial charge in [-0.1, -0.05) is 27.7 Å². The molecule has 0 bridgehead atoms. The van der Waals surface area contributed by atoms with Gasteiger partial charge in [-0.3, -0.25) is 19.1 Å². The molecule has 3 rings (SSSR count). The molecule has 9 heteroatoms. The molecular weight excluding hydrogens is 338 g/mol. The van der Waals surface area contributed by atoms with E-state index in [9.17, 15) is 14.7 Å². The number of nitrogens with two attached hydrogens (primary N) is 1. The number of nitrogen functional groups attached to an aromatic ring is 1. The molecule has 1 aliphatic carbocycles. The van der Waals surface area contributed by atoms with Gasteiger partial charge in [0.05, 0.1) is 17.9 Å². The second-order valence-electron chi connectivity index (χ2n) is 6.31. The molecule has 26 heavy (non-hydrogen) atoms. The minimum absolute atomic E-state index is 0. The number of aliphatic hydroxyl groups excluding tert-OH is 1. The van der Waals surface area contributed by atoms with Crippen molar-refractivity contribution in [2.75, 3.05) is 18.9 Å². The van der Waals surface area contributed by atoms with Crippen molar-refractivity contribution >= 4 is 29.3 Å². The predicted octanol–water partition coefficient (Wildman–Crippen LogP) is 1.40. The fourth-order valence-electron chi connectivity index (χ4n) is 2.43. The lowest BCUT2D eigenvalue weighted by Crippen LogP contribution is -2.21. The van der Waals surface area contributed by atoms with Gasteiger partial charge < -0.3 is 15.6 Å². The lowest BCUT2D eigenvalue weighted by Gasteiger charge is -2.13. The highest BCUT2D eigenvalue weighted by Gasteiger charge is 2.50. The van der Waals surface area contributed by atoms with Crippen molar-refractivity contribution in [2.24, 2.45) is 11.3 Å². The van der Waals surface area contributed by atoms with E-state index in [-0.39, 0.29) is 38.0 Å². The number of imidazole rings is 1. The number of hydrogen-bond donors (Lipinski definition) is 3. The number of aromatic amines is 1. The van der Waals surface area contributed by atoms with E-state index in [4.69, 9.17) is 10.5 Å². The Balaban J connectivity index is 0.00000118. The van der Waals surface area contributed by atoms with Gasteiger partial charge in [0.15, 0.2) is 11.2 Å². The van der Waals surface area contributed by atoms with E-state index in [2.05, 4.69) is 15.0 Å². The Bertz CT molecular complexity index is 889. The summed E-state index contributed by atoms with van der Waals surface area (Å²) in [5.74, 6) is -0.519. The summed E-state index contributed by atoms with van der Waals surface area (Å²) in [6.45, 7) is 7.49. The fraction of sp³-hybridized carbons (Fsp3) is 0.529. The van der Waals surface area contributed by atoms with Gasteiger partial charge in [-0.25, -0.2) is 4.98 Å². The van der Waals surface area contributed by atoms with Crippen LogP contribution in [-0.2, 0) is 9.53 Å². The molecule has 0 aliphatic heterocycles. The Morgan fingerprint density at radius 3 is 2.88 bits per heavy atom. The van der Waals surface area contributed by atoms with Crippen LogP contribution in [0.4, 0.5) is 5.95 Å². The third kappa shape index (κ3) is 3.77. The van der Waals surface area contributed by atoms with Crippen molar-refractivity contribution in [3.8, 4) is 0 Å². The Hall–Kier alpha value is -2.68. The van der Waals surface area contributed by atoms with E-state index in [0.29, 0.717) is 12.1 Å². The molecule has 0 aromatic carbocycles. The number of aliphatic hydroxyl groups is 1. The number of carbonyl (C=O) groups is 1. The fourth-order valence-corrected chi connectivity index (χ4v) is 2.43. The molecule has 9 nitrogen and oxygen atoms in total. The second-order valence-corrected chi connectivity index (χ2v) is 6.31. The van der Waals surface area contributed by atoms with Crippen molar-refractivity contribution in [2.45, 2.75) is 34.1 Å². The van der Waals surface area contributed by atoms with E-state index in [1.807, 2.05) is 13.8 Å². The zero-order chi connectivity index (χ0) is 19.5. The van der Waals surface area contributed by atoms with Crippen molar-refractivity contribution in [3.63, 3.8) is 0 Å². The molecule has 2 aromatic heterocycles. The zero-order valence-electron chi connectivity index (χ0n) is 15.4. The van der Waals surface area contributed by atoms with Gasteiger partial charge in [-0.15, -0.1) is 0 Å². The summed E-state index contributed by atoms with van der Waals surface area (Å²) < 4.78 is 6.82. The van der Waals surface area contributed by atoms with Crippen LogP contribution in [0.2, 0.25) is 0 Å². The van der Waals surface area contributed by atoms with Gasteiger partial charge in [0, 0.05) is 7.63 Å². The topological polar surface area (TPSA) is 136 Å². The van der Waals surface area contributed by atoms with Crippen LogP contribution in [0, 0.1) is 11.3 Å². The van der Waals surface area contributed by atoms with Crippen molar-refractivity contribution in [1.29, 1.82) is 0 Å². The molecule has 2 heterocycles. The molecule has 144 valence electrons. The monoisotopic (exact) mass is 365 g/mol. The molecule has 1 saturated carbocycles. The summed E-state index contributed by atoms with van der Waals surface area (Å²) in [4.78, 5) is 33.9. The van der Waals surface area contributed by atoms with Gasteiger partial charge in [0.2, 0.25) is 5.95 Å². The number of hydrogen-bond acceptors (Lipinski definition) is 7. The average Bonchev–Trinajstić information content (AvgIpc) is 3.16. The van der Waals surface area contributed by atoms with Gasteiger partial charge in [0.25, 0.3) is 5.56 Å². The van der Waals surface area contributed by atoms with Crippen LogP contribution in [0.1, 0.15) is 35.5 Å². The summed E-state index contributed by atoms with van der Waals surface area (Å²) >= 11 is 0. The molecule has 1 fully saturated rings. The standard InChI is InChI=1S/C15H19N5O4.C2H6.H2/c1-8(2)13(23)24-6-15(5-21)3-9(15)4-20-7-17-10-11(20)18-14(16)19-12(10)22;1-2;/h4,7-8,21H,3,5-6H2,1-2H3,(H3,16,18,19,22);1-2H3;1H/b9-4-;;. The zero-order valence-corrected chi connectivity index (χ0v) is 15.4. The van der Waals surface area contributed by atoms with E-state index >= 15 is 0 Å². The van der Waals surface area contributed by atoms with Gasteiger partial charge in [-0.05, 0) is 12.0 Å². The third-order valence-electron chi connectivity index (χ3n) is 4.10. The number of anilines is 1. The van der Waals surface area contributed by atoms with Crippen LogP contribution < -0.4 is 11.3 Å². The summed E-state index contributed by atoms with van der Waals surface area (Å²) in [6.07, 6.45) is 3.79. The predicted molar refractivity (Wildman–Crippen MR) is 100 cm³/mol. The molecule has 1 aliphatic rings. The molecular formula is C17H27N5O4. The highest BCUT2D eigenvalue weighted by Crippen LogP contribution is 2.52. The Labute approximate surface area is 152 Å². The van der Waals surface area contributed by atoms with Crippen molar-refractivity contribution in [3.05, 3.63) is 22.3 Å². The summed E-state index contributed by atoms with van der Waals surface area (Å²) in [5.41, 5.74) is 5.98. The van der Waals surface area contributed by atoms with Crippen LogP contribution in [0.3, 0.4) is 0 Å². The molecule has 0 radical (unpaired) electrons. The number of rotatable bonds is 5. The first-order valence-corrected chi connectivity index (χ1v) is 8.57. The molecule has 0 amide bonds. The minimum atomic E-state index is -0.576. The van der Waals surface area contributed by atoms with E-state index in [1.165, 1.54) is 6.33 Å². The number of ether oxygens (including phenoxy) is 1. The van der Waals surface area contributed by atoms with E-state index in [0.717, 1.165) is 5.57 Å². The van der Waals surface area contributed by atoms with Crippen LogP contribution >= 0.6 is 0 Å². The number of H-pyrrole nitrogens is 1. The van der Waals surface area contributed by atoms with Gasteiger partial charge in [0.1, 0.15) is 12.9 Å². The number of esters is 1. The summed E-state index contributed by atoms with van der Waals surface area (Å²) in [6, 6.07) is 0. The Kier molecular flexibility index (Phi) is 5.81. The average molecular weight is 365 g/mol. The minimum Gasteiger partial charge on any atom is -0.464 e. The quantitative estimate of drug-likeness (QED) is 0.681. The lowest BCUT2D eigenvalue weighted by atomic mass is 10.1. The summed E-state index contributed by atoms with van der Waals surface area (Å²) in [7, 11) is 0. The number of aromatic nitrogens is 4. The second kappa shape index (κ2) is 7.69. The Morgan fingerprint density at radius 2 is 2.27 bits per heavy atom. The van der Waals surface area contributed by atoms with Crippen LogP contribution in [0.25, 0.3) is 17.4 Å². The van der Waals surface area contributed by atoms with Gasteiger partial charge >= 0.3 is 5.97 Å². The number of nitrogens with one attached hydrogen (secondary N) is 1. The van der Waals surface area contributed by atoms with Crippen LogP contribution in [-0.4, -0.2) is 43.8 Å². The first-order valence-electron chi connectivity index (χ1n) is 8.57. The highest BCUT2D eigenvalue weighted by molar-refractivity contribution is 5.74. The number of nitrogens with zero attached hydrogens (tertiary/aromatic N) is 3. The maximum atomic E-state index is 11.8. The van der Waals surface area contributed by atoms with Crippen molar-refractivity contribution in [1.82, 2.24) is 19.5 Å². The SMILES string of the molecule is CC.CC(C)C(=O)OCC1(CO)C/C1=C/n1cnc2c(=O)[nH]c(N)nc21.[HH]. The maximum Gasteiger partial charge on any atom is 0.308 e. The number of carbonyl (C=O) groups excluding carboxylic acids is 1. The third-order valence-corrected chi connectivity index (χ3v) is 4.10. The van der Waals surface area contributed by atoms with E-state index in [1.54, 1.807) is 24.6 Å². The Morgan fingerprint density at radius 1 is 1.58 bits per heavy atom. The largest absolute Gasteiger partial charge is 0.464 e. The first-order chi connectivity index (χ1) is 12.4. The molecule has 2 aromatic rings. The van der Waals surface area contributed by atoms with E-state index < -0.39 is 11.0 Å². The van der Waals surface area contributed by atoms with Crippen LogP contribution in [0.15, 0.2) is 16.7 Å².